The van der Waals surface area contributed by atoms with Crippen molar-refractivity contribution >= 4 is 17.7 Å². The summed E-state index contributed by atoms with van der Waals surface area (Å²) in [6.45, 7) is 7.10. The van der Waals surface area contributed by atoms with Crippen molar-refractivity contribution in [3.8, 4) is 0 Å². The Morgan fingerprint density at radius 3 is 2.27 bits per heavy atom. The summed E-state index contributed by atoms with van der Waals surface area (Å²) in [7, 11) is 0. The summed E-state index contributed by atoms with van der Waals surface area (Å²) in [5.41, 5.74) is 1.08. The largest absolute Gasteiger partial charge is 0.339 e. The first-order chi connectivity index (χ1) is 12.5. The second-order valence-electron chi connectivity index (χ2n) is 7.47. The van der Waals surface area contributed by atoms with Crippen LogP contribution in [0.25, 0.3) is 0 Å². The molecule has 0 aliphatic carbocycles. The van der Waals surface area contributed by atoms with Gasteiger partial charge in [-0.15, -0.1) is 0 Å². The highest BCUT2D eigenvalue weighted by molar-refractivity contribution is 5.89. The first-order valence-corrected chi connectivity index (χ1v) is 9.35. The fraction of sp³-hybridized carbons (Fsp3) is 0.550. The zero-order valence-electron chi connectivity index (χ0n) is 15.6. The Labute approximate surface area is 154 Å². The molecule has 2 fully saturated rings. The molecule has 0 radical (unpaired) electrons. The molecule has 3 rings (SSSR count). The van der Waals surface area contributed by atoms with Gasteiger partial charge in [-0.25, -0.2) is 0 Å². The number of piperazine rings is 1. The van der Waals surface area contributed by atoms with Crippen LogP contribution in [0.1, 0.15) is 25.8 Å². The number of carbonyl (C=O) groups is 3. The SMILES string of the molecule is CC(C)C(=O)N1CCN(C(=O)[C@@H]2CC(=O)N(Cc3ccccc3)C2)CC1. The van der Waals surface area contributed by atoms with Crippen molar-refractivity contribution < 1.29 is 14.4 Å². The average molecular weight is 357 g/mol. The number of nitrogens with zero attached hydrogens (tertiary/aromatic N) is 3. The van der Waals surface area contributed by atoms with Crippen LogP contribution in [0.2, 0.25) is 0 Å². The van der Waals surface area contributed by atoms with Gasteiger partial charge < -0.3 is 14.7 Å². The smallest absolute Gasteiger partial charge is 0.228 e. The Kier molecular flexibility index (Phi) is 5.59. The second-order valence-corrected chi connectivity index (χ2v) is 7.47. The molecule has 0 N–H and O–H groups in total. The van der Waals surface area contributed by atoms with Crippen molar-refractivity contribution in [2.45, 2.75) is 26.8 Å². The minimum Gasteiger partial charge on any atom is -0.339 e. The maximum absolute atomic E-state index is 12.8. The standard InChI is InChI=1S/C20H27N3O3/c1-15(2)19(25)21-8-10-22(11-9-21)20(26)17-12-18(24)23(14-17)13-16-6-4-3-5-7-16/h3-7,15,17H,8-14H2,1-2H3/t17-/m1/s1. The van der Waals surface area contributed by atoms with Gasteiger partial charge in [0.25, 0.3) is 0 Å². The highest BCUT2D eigenvalue weighted by atomic mass is 16.2. The zero-order valence-corrected chi connectivity index (χ0v) is 15.6. The van der Waals surface area contributed by atoms with E-state index in [4.69, 9.17) is 0 Å². The number of hydrogen-bond donors (Lipinski definition) is 0. The van der Waals surface area contributed by atoms with Crippen molar-refractivity contribution in [2.75, 3.05) is 32.7 Å². The van der Waals surface area contributed by atoms with Crippen molar-refractivity contribution in [1.82, 2.24) is 14.7 Å². The van der Waals surface area contributed by atoms with Gasteiger partial charge >= 0.3 is 0 Å². The van der Waals surface area contributed by atoms with E-state index < -0.39 is 0 Å². The van der Waals surface area contributed by atoms with Crippen LogP contribution in [0.5, 0.6) is 0 Å². The van der Waals surface area contributed by atoms with Gasteiger partial charge in [-0.3, -0.25) is 14.4 Å². The van der Waals surface area contributed by atoms with Crippen LogP contribution in [0, 0.1) is 11.8 Å². The zero-order chi connectivity index (χ0) is 18.7. The molecule has 2 heterocycles. The van der Waals surface area contributed by atoms with Gasteiger partial charge in [0.05, 0.1) is 5.92 Å². The fourth-order valence-electron chi connectivity index (χ4n) is 3.66. The fourth-order valence-corrected chi connectivity index (χ4v) is 3.66. The minimum atomic E-state index is -0.265. The number of amides is 3. The van der Waals surface area contributed by atoms with Gasteiger partial charge in [0.1, 0.15) is 0 Å². The number of benzene rings is 1. The van der Waals surface area contributed by atoms with E-state index in [-0.39, 0.29) is 36.0 Å². The van der Waals surface area contributed by atoms with Gasteiger partial charge in [0.2, 0.25) is 17.7 Å². The van der Waals surface area contributed by atoms with Crippen molar-refractivity contribution in [2.24, 2.45) is 11.8 Å². The molecular weight excluding hydrogens is 330 g/mol. The van der Waals surface area contributed by atoms with Crippen LogP contribution in [0.4, 0.5) is 0 Å². The summed E-state index contributed by atoms with van der Waals surface area (Å²) in [4.78, 5) is 42.6. The van der Waals surface area contributed by atoms with Crippen LogP contribution in [0.15, 0.2) is 30.3 Å². The number of rotatable bonds is 4. The third-order valence-electron chi connectivity index (χ3n) is 5.18. The average Bonchev–Trinajstić information content (AvgIpc) is 3.02. The summed E-state index contributed by atoms with van der Waals surface area (Å²) in [6.07, 6.45) is 0.288. The molecule has 2 aliphatic heterocycles. The van der Waals surface area contributed by atoms with E-state index in [2.05, 4.69) is 0 Å². The first-order valence-electron chi connectivity index (χ1n) is 9.35. The summed E-state index contributed by atoms with van der Waals surface area (Å²) in [6, 6.07) is 9.85. The Bertz CT molecular complexity index is 666. The molecule has 1 aromatic rings. The normalized spacial score (nSPS) is 20.8. The molecule has 6 nitrogen and oxygen atoms in total. The Morgan fingerprint density at radius 1 is 1.04 bits per heavy atom. The van der Waals surface area contributed by atoms with Crippen LogP contribution >= 0.6 is 0 Å². The lowest BCUT2D eigenvalue weighted by atomic mass is 10.1. The van der Waals surface area contributed by atoms with Crippen LogP contribution in [-0.4, -0.2) is 65.1 Å². The van der Waals surface area contributed by atoms with E-state index in [0.29, 0.717) is 39.3 Å². The maximum Gasteiger partial charge on any atom is 0.228 e. The van der Waals surface area contributed by atoms with E-state index in [1.165, 1.54) is 0 Å². The van der Waals surface area contributed by atoms with Gasteiger partial charge in [-0.1, -0.05) is 44.2 Å². The molecule has 0 aromatic heterocycles. The predicted molar refractivity (Wildman–Crippen MR) is 98.0 cm³/mol. The number of likely N-dealkylation sites (tertiary alicyclic amines) is 1. The van der Waals surface area contributed by atoms with E-state index in [1.807, 2.05) is 54.0 Å². The Morgan fingerprint density at radius 2 is 1.65 bits per heavy atom. The lowest BCUT2D eigenvalue weighted by Gasteiger charge is -2.36. The molecule has 1 aromatic carbocycles. The molecule has 2 aliphatic rings. The molecule has 140 valence electrons. The topological polar surface area (TPSA) is 60.9 Å². The van der Waals surface area contributed by atoms with E-state index in [9.17, 15) is 14.4 Å². The van der Waals surface area contributed by atoms with E-state index in [0.717, 1.165) is 5.56 Å². The molecule has 0 bridgehead atoms. The summed E-state index contributed by atoms with van der Waals surface area (Å²) in [5.74, 6) is -0.0524. The van der Waals surface area contributed by atoms with Gasteiger partial charge in [-0.2, -0.15) is 0 Å². The quantitative estimate of drug-likeness (QED) is 0.818. The van der Waals surface area contributed by atoms with Crippen LogP contribution < -0.4 is 0 Å². The van der Waals surface area contributed by atoms with Crippen molar-refractivity contribution in [3.63, 3.8) is 0 Å². The molecule has 2 saturated heterocycles. The number of hydrogen-bond acceptors (Lipinski definition) is 3. The molecule has 3 amide bonds. The lowest BCUT2D eigenvalue weighted by molar-refractivity contribution is -0.143. The molecule has 6 heteroatoms. The van der Waals surface area contributed by atoms with E-state index in [1.54, 1.807) is 4.90 Å². The highest BCUT2D eigenvalue weighted by Crippen LogP contribution is 2.23. The van der Waals surface area contributed by atoms with Crippen LogP contribution in [0.3, 0.4) is 0 Å². The third-order valence-corrected chi connectivity index (χ3v) is 5.18. The monoisotopic (exact) mass is 357 g/mol. The molecule has 1 atom stereocenters. The Hall–Kier alpha value is -2.37. The van der Waals surface area contributed by atoms with Gasteiger partial charge in [0.15, 0.2) is 0 Å². The van der Waals surface area contributed by atoms with Gasteiger partial charge in [-0.05, 0) is 5.56 Å². The number of carbonyl (C=O) groups excluding carboxylic acids is 3. The van der Waals surface area contributed by atoms with Gasteiger partial charge in [0, 0.05) is 51.6 Å². The lowest BCUT2D eigenvalue weighted by Crippen LogP contribution is -2.53. The minimum absolute atomic E-state index is 0.0174. The molecule has 0 unspecified atom stereocenters. The highest BCUT2D eigenvalue weighted by Gasteiger charge is 2.37. The van der Waals surface area contributed by atoms with Crippen molar-refractivity contribution in [1.29, 1.82) is 0 Å². The third kappa shape index (κ3) is 4.06. The van der Waals surface area contributed by atoms with Crippen LogP contribution in [-0.2, 0) is 20.9 Å². The molecule has 26 heavy (non-hydrogen) atoms. The predicted octanol–water partition coefficient (Wildman–Crippen LogP) is 1.36. The molecule has 0 saturated carbocycles. The maximum atomic E-state index is 12.8. The summed E-state index contributed by atoms with van der Waals surface area (Å²) < 4.78 is 0. The Balaban J connectivity index is 1.53. The molecule has 0 spiro atoms. The first kappa shape index (κ1) is 18.4. The summed E-state index contributed by atoms with van der Waals surface area (Å²) in [5, 5.41) is 0. The van der Waals surface area contributed by atoms with Crippen molar-refractivity contribution in [3.05, 3.63) is 35.9 Å². The molecular formula is C20H27N3O3. The van der Waals surface area contributed by atoms with E-state index >= 15 is 0 Å². The summed E-state index contributed by atoms with van der Waals surface area (Å²) >= 11 is 0. The second kappa shape index (κ2) is 7.89.